The minimum absolute atomic E-state index is 0.0215. The van der Waals surface area contributed by atoms with E-state index in [0.717, 1.165) is 24.3 Å². The van der Waals surface area contributed by atoms with Crippen LogP contribution in [-0.4, -0.2) is 50.6 Å². The van der Waals surface area contributed by atoms with Crippen molar-refractivity contribution in [3.63, 3.8) is 0 Å². The van der Waals surface area contributed by atoms with Gasteiger partial charge in [-0.2, -0.15) is 31.6 Å². The van der Waals surface area contributed by atoms with Crippen LogP contribution >= 0.6 is 0 Å². The molecule has 2 aromatic rings. The van der Waals surface area contributed by atoms with E-state index in [2.05, 4.69) is 9.71 Å². The standard InChI is InChI=1S/C25H24F6N4O4S/c1-16-3-8-21(33-14-16)19-13-23(25(29,30)31,35-22(36)20(19)15-34-40(37,38)12-10-32)17-4-6-18(7-5-17)39-11-2-9-24(26,27)28/h3-8,14,34H,2,9,11-13,15H2,1H3,(H,35,36)/t23-/m0/s1. The monoisotopic (exact) mass is 590 g/mol. The van der Waals surface area contributed by atoms with Crippen LogP contribution < -0.4 is 14.8 Å². The zero-order valence-corrected chi connectivity index (χ0v) is 21.8. The van der Waals surface area contributed by atoms with E-state index in [0.29, 0.717) is 5.56 Å². The summed E-state index contributed by atoms with van der Waals surface area (Å²) in [5.74, 6) is -2.08. The quantitative estimate of drug-likeness (QED) is 0.315. The number of sulfonamides is 1. The second-order valence-electron chi connectivity index (χ2n) is 9.04. The largest absolute Gasteiger partial charge is 0.494 e. The van der Waals surface area contributed by atoms with Crippen molar-refractivity contribution >= 4 is 21.5 Å². The molecule has 1 aliphatic rings. The number of aryl methyl sites for hydroxylation is 1. The summed E-state index contributed by atoms with van der Waals surface area (Å²) in [4.78, 5) is 17.3. The third-order valence-electron chi connectivity index (χ3n) is 6.06. The van der Waals surface area contributed by atoms with Gasteiger partial charge in [0.15, 0.2) is 11.3 Å². The number of hydrogen-bond acceptors (Lipinski definition) is 6. The SMILES string of the molecule is Cc1ccc(C2=C(CNS(=O)(=O)CC#N)C(=O)N[C@@](c3ccc(OCCCC(F)(F)F)cc3)(C(F)(F)F)C2)nc1. The van der Waals surface area contributed by atoms with E-state index >= 15 is 0 Å². The second-order valence-corrected chi connectivity index (χ2v) is 10.8. The van der Waals surface area contributed by atoms with Crippen molar-refractivity contribution in [1.29, 1.82) is 5.26 Å². The van der Waals surface area contributed by atoms with Crippen LogP contribution in [-0.2, 0) is 20.4 Å². The Morgan fingerprint density at radius 1 is 1.12 bits per heavy atom. The van der Waals surface area contributed by atoms with Crippen LogP contribution in [0.1, 0.15) is 36.1 Å². The molecule has 15 heteroatoms. The average Bonchev–Trinajstić information content (AvgIpc) is 2.85. The van der Waals surface area contributed by atoms with Gasteiger partial charge >= 0.3 is 12.4 Å². The van der Waals surface area contributed by atoms with E-state index in [1.807, 2.05) is 5.32 Å². The Morgan fingerprint density at radius 2 is 1.80 bits per heavy atom. The van der Waals surface area contributed by atoms with Gasteiger partial charge in [0.05, 0.1) is 18.4 Å². The lowest BCUT2D eigenvalue weighted by Gasteiger charge is -2.41. The summed E-state index contributed by atoms with van der Waals surface area (Å²) in [7, 11) is -4.14. The molecule has 0 fully saturated rings. The average molecular weight is 591 g/mol. The van der Waals surface area contributed by atoms with Crippen LogP contribution in [0.25, 0.3) is 5.57 Å². The number of halogens is 6. The summed E-state index contributed by atoms with van der Waals surface area (Å²) in [6, 6.07) is 8.83. The molecule has 0 radical (unpaired) electrons. The number of nitrogens with zero attached hydrogens (tertiary/aromatic N) is 2. The van der Waals surface area contributed by atoms with E-state index in [9.17, 15) is 39.6 Å². The fourth-order valence-corrected chi connectivity index (χ4v) is 4.66. The van der Waals surface area contributed by atoms with Gasteiger partial charge < -0.3 is 10.1 Å². The highest BCUT2D eigenvalue weighted by Gasteiger charge is 2.59. The molecule has 0 bridgehead atoms. The Bertz CT molecular complexity index is 1400. The van der Waals surface area contributed by atoms with E-state index in [4.69, 9.17) is 10.00 Å². The second kappa shape index (κ2) is 11.8. The number of carbonyl (C=O) groups is 1. The lowest BCUT2D eigenvalue weighted by molar-refractivity contribution is -0.201. The summed E-state index contributed by atoms with van der Waals surface area (Å²) in [5, 5.41) is 10.7. The Hall–Kier alpha value is -3.64. The number of amides is 1. The van der Waals surface area contributed by atoms with Gasteiger partial charge in [-0.15, -0.1) is 0 Å². The first-order valence-corrected chi connectivity index (χ1v) is 13.4. The molecule has 0 aliphatic carbocycles. The predicted octanol–water partition coefficient (Wildman–Crippen LogP) is 4.29. The highest BCUT2D eigenvalue weighted by atomic mass is 32.2. The van der Waals surface area contributed by atoms with Gasteiger partial charge in [0.1, 0.15) is 5.75 Å². The van der Waals surface area contributed by atoms with Crippen molar-refractivity contribution in [1.82, 2.24) is 15.0 Å². The number of hydrogen-bond donors (Lipinski definition) is 2. The molecule has 1 aromatic carbocycles. The van der Waals surface area contributed by atoms with Crippen LogP contribution in [0.4, 0.5) is 26.3 Å². The van der Waals surface area contributed by atoms with Gasteiger partial charge in [-0.05, 0) is 48.2 Å². The molecule has 1 atom stereocenters. The molecule has 1 amide bonds. The minimum Gasteiger partial charge on any atom is -0.494 e. The number of pyridine rings is 1. The fourth-order valence-electron chi connectivity index (χ4n) is 4.03. The van der Waals surface area contributed by atoms with Crippen molar-refractivity contribution in [3.05, 3.63) is 65.0 Å². The topological polar surface area (TPSA) is 121 Å². The number of ether oxygens (including phenoxy) is 1. The number of nitrogens with one attached hydrogen (secondary N) is 2. The minimum atomic E-state index is -5.04. The third-order valence-corrected chi connectivity index (χ3v) is 7.15. The predicted molar refractivity (Wildman–Crippen MR) is 131 cm³/mol. The number of carbonyl (C=O) groups excluding carboxylic acids is 1. The molecule has 0 spiro atoms. The number of rotatable bonds is 10. The van der Waals surface area contributed by atoms with Crippen LogP contribution in [0.15, 0.2) is 48.2 Å². The normalized spacial score (nSPS) is 18.3. The van der Waals surface area contributed by atoms with Crippen LogP contribution in [0.2, 0.25) is 0 Å². The lowest BCUT2D eigenvalue weighted by atomic mass is 9.77. The van der Waals surface area contributed by atoms with Crippen LogP contribution in [0, 0.1) is 18.3 Å². The van der Waals surface area contributed by atoms with Gasteiger partial charge in [-0.1, -0.05) is 18.2 Å². The number of benzene rings is 1. The van der Waals surface area contributed by atoms with Crippen molar-refractivity contribution in [2.75, 3.05) is 18.9 Å². The fraction of sp³-hybridized carbons (Fsp3) is 0.400. The van der Waals surface area contributed by atoms with Gasteiger partial charge in [0.2, 0.25) is 15.9 Å². The van der Waals surface area contributed by atoms with Crippen molar-refractivity contribution in [2.24, 2.45) is 0 Å². The zero-order valence-electron chi connectivity index (χ0n) is 21.0. The molecule has 1 aliphatic heterocycles. The third kappa shape index (κ3) is 7.51. The molecule has 2 heterocycles. The number of alkyl halides is 6. The molecule has 3 rings (SSSR count). The van der Waals surface area contributed by atoms with Crippen LogP contribution in [0.5, 0.6) is 5.75 Å². The smallest absolute Gasteiger partial charge is 0.416 e. The maximum Gasteiger partial charge on any atom is 0.416 e. The van der Waals surface area contributed by atoms with Crippen molar-refractivity contribution < 1.29 is 44.3 Å². The maximum absolute atomic E-state index is 14.7. The summed E-state index contributed by atoms with van der Waals surface area (Å²) < 4.78 is 112. The molecule has 0 saturated heterocycles. The van der Waals surface area contributed by atoms with Crippen LogP contribution in [0.3, 0.4) is 0 Å². The first-order valence-electron chi connectivity index (χ1n) is 11.8. The summed E-state index contributed by atoms with van der Waals surface area (Å²) in [6.07, 6.45) is -10.3. The van der Waals surface area contributed by atoms with Gasteiger partial charge in [-0.25, -0.2) is 13.1 Å². The summed E-state index contributed by atoms with van der Waals surface area (Å²) in [5.41, 5.74) is -3.09. The molecule has 40 heavy (non-hydrogen) atoms. The van der Waals surface area contributed by atoms with Crippen molar-refractivity contribution in [2.45, 2.75) is 44.1 Å². The van der Waals surface area contributed by atoms with E-state index in [1.54, 1.807) is 13.0 Å². The van der Waals surface area contributed by atoms with E-state index in [-0.39, 0.29) is 41.2 Å². The highest BCUT2D eigenvalue weighted by molar-refractivity contribution is 7.89. The number of aromatic nitrogens is 1. The zero-order chi connectivity index (χ0) is 29.8. The first kappa shape index (κ1) is 30.9. The highest BCUT2D eigenvalue weighted by Crippen LogP contribution is 2.48. The first-order chi connectivity index (χ1) is 18.6. The molecule has 1 aromatic heterocycles. The van der Waals surface area contributed by atoms with Gasteiger partial charge in [0.25, 0.3) is 0 Å². The lowest BCUT2D eigenvalue weighted by Crippen LogP contribution is -2.59. The summed E-state index contributed by atoms with van der Waals surface area (Å²) in [6.45, 7) is 0.707. The maximum atomic E-state index is 14.7. The molecule has 2 N–H and O–H groups in total. The molecule has 8 nitrogen and oxygen atoms in total. The van der Waals surface area contributed by atoms with Gasteiger partial charge in [-0.3, -0.25) is 9.78 Å². The number of nitriles is 1. The Balaban J connectivity index is 2.00. The Morgan fingerprint density at radius 3 is 2.35 bits per heavy atom. The summed E-state index contributed by atoms with van der Waals surface area (Å²) >= 11 is 0. The van der Waals surface area contributed by atoms with Crippen molar-refractivity contribution in [3.8, 4) is 11.8 Å². The van der Waals surface area contributed by atoms with Gasteiger partial charge in [0, 0.05) is 31.2 Å². The Kier molecular flexibility index (Phi) is 9.15. The molecule has 0 unspecified atom stereocenters. The molecule has 0 saturated carbocycles. The molecular formula is C25H24F6N4O4S. The van der Waals surface area contributed by atoms with E-state index in [1.165, 1.54) is 18.3 Å². The molecular weight excluding hydrogens is 566 g/mol. The van der Waals surface area contributed by atoms with E-state index < -0.39 is 59.0 Å². The molecule has 216 valence electrons. The Labute approximate surface area is 226 Å².